The summed E-state index contributed by atoms with van der Waals surface area (Å²) in [6.45, 7) is 5.36. The summed E-state index contributed by atoms with van der Waals surface area (Å²) in [6.07, 6.45) is -0.270. The number of carbonyl (C=O) groups is 2. The molecule has 6 aromatic rings. The smallest absolute Gasteiger partial charge is 0.338 e. The van der Waals surface area contributed by atoms with Crippen LogP contribution in [-0.2, 0) is 57.5 Å². The number of fused-ring (bicyclic) bond motifs is 2. The Kier molecular flexibility index (Phi) is 16.9. The van der Waals surface area contributed by atoms with E-state index < -0.39 is 34.1 Å². The Labute approximate surface area is 388 Å². The monoisotopic (exact) mass is 1130 g/mol. The second kappa shape index (κ2) is 21.2. The normalized spacial score (nSPS) is 12.6. The molecule has 2 atom stereocenters. The number of carboxylic acids is 2. The average Bonchev–Trinajstić information content (AvgIpc) is 3.71. The Bertz CT molecular complexity index is 2650. The van der Waals surface area contributed by atoms with Gasteiger partial charge >= 0.3 is 11.9 Å². The van der Waals surface area contributed by atoms with Crippen LogP contribution in [0.1, 0.15) is 36.6 Å². The molecule has 0 aliphatic rings. The number of thioether (sulfide) groups is 1. The molecule has 20 heteroatoms. The number of aromatic nitrogens is 4. The number of ether oxygens (including phenoxy) is 2. The van der Waals surface area contributed by atoms with Crippen LogP contribution in [-0.4, -0.2) is 80.3 Å². The molecule has 0 amide bonds. The minimum Gasteiger partial charge on any atom is -0.479 e. The minimum atomic E-state index is -3.24. The molecule has 0 saturated carbocycles. The van der Waals surface area contributed by atoms with Crippen molar-refractivity contribution in [2.75, 3.05) is 18.3 Å². The zero-order valence-corrected chi connectivity index (χ0v) is 41.1. The summed E-state index contributed by atoms with van der Waals surface area (Å²) in [6, 6.07) is 17.6. The molecule has 2 unspecified atom stereocenters. The number of aliphatic carboxylic acids is 2. The molecule has 326 valence electrons. The quantitative estimate of drug-likeness (QED) is 0.0894. The molecular weight excluding hydrogens is 1100 g/mol. The van der Waals surface area contributed by atoms with Gasteiger partial charge < -0.3 is 28.8 Å². The molecule has 0 bridgehead atoms. The molecule has 2 N–H and O–H groups in total. The molecule has 0 saturated heterocycles. The number of benzene rings is 4. The van der Waals surface area contributed by atoms with Gasteiger partial charge in [0, 0.05) is 56.5 Å². The van der Waals surface area contributed by atoms with Gasteiger partial charge in [-0.25, -0.2) is 36.8 Å². The molecule has 2 heterocycles. The standard InChI is InChI=1S/C21H21Br2FN2O3S.C20H19Br2FN2O5S/c1-3-26-18-11-13(4-5-17(18)25-19(26)6-7-30-2)29-20-14(22)8-12(9-15(20)23)10-16(24)21(27)28;1-3-25-17-9-12(4-5-16(17)24-18(25)10-31(2,28)29)30-19-13(21)6-11(7-14(19)22)8-15(23)20(26)27/h4-5,8-9,11,16H,3,6-7,10H2,1-2H3,(H,27,28);4-7,9,15H,3,8,10H2,1-2H3,(H,26,27). The van der Waals surface area contributed by atoms with Gasteiger partial charge in [-0.3, -0.25) is 0 Å². The molecule has 61 heavy (non-hydrogen) atoms. The third-order valence-corrected chi connectivity index (χ3v) is 12.8. The van der Waals surface area contributed by atoms with Crippen molar-refractivity contribution < 1.29 is 46.5 Å². The fraction of sp³-hybridized carbons (Fsp3) is 0.317. The van der Waals surface area contributed by atoms with Crippen LogP contribution < -0.4 is 9.47 Å². The first-order valence-electron chi connectivity index (χ1n) is 18.5. The van der Waals surface area contributed by atoms with Crippen molar-refractivity contribution in [3.05, 3.63) is 101 Å². The fourth-order valence-electron chi connectivity index (χ4n) is 6.35. The molecule has 6 rings (SSSR count). The zero-order chi connectivity index (χ0) is 44.8. The molecule has 0 spiro atoms. The second-order valence-corrected chi connectivity index (χ2v) is 20.2. The van der Waals surface area contributed by atoms with E-state index >= 15 is 0 Å². The van der Waals surface area contributed by atoms with E-state index in [-0.39, 0.29) is 18.6 Å². The lowest BCUT2D eigenvalue weighted by Gasteiger charge is -2.13. The summed E-state index contributed by atoms with van der Waals surface area (Å²) in [4.78, 5) is 30.7. The van der Waals surface area contributed by atoms with E-state index in [2.05, 4.69) is 86.5 Å². The highest BCUT2D eigenvalue weighted by molar-refractivity contribution is 9.11. The Morgan fingerprint density at radius 2 is 1.11 bits per heavy atom. The number of carboxylic acid groups (broad SMARTS) is 2. The van der Waals surface area contributed by atoms with Crippen molar-refractivity contribution in [1.82, 2.24) is 19.1 Å². The minimum absolute atomic E-state index is 0.157. The van der Waals surface area contributed by atoms with Gasteiger partial charge in [-0.15, -0.1) is 0 Å². The lowest BCUT2D eigenvalue weighted by Crippen LogP contribution is -2.17. The lowest BCUT2D eigenvalue weighted by molar-refractivity contribution is -0.143. The number of hydrogen-bond donors (Lipinski definition) is 2. The van der Waals surface area contributed by atoms with Crippen molar-refractivity contribution >= 4 is 119 Å². The van der Waals surface area contributed by atoms with Gasteiger partial charge in [0.25, 0.3) is 0 Å². The Morgan fingerprint density at radius 1 is 0.721 bits per heavy atom. The van der Waals surface area contributed by atoms with Crippen molar-refractivity contribution in [2.45, 2.75) is 64.3 Å². The van der Waals surface area contributed by atoms with E-state index in [1.807, 2.05) is 29.7 Å². The third kappa shape index (κ3) is 12.6. The van der Waals surface area contributed by atoms with Gasteiger partial charge in [-0.05, 0) is 143 Å². The van der Waals surface area contributed by atoms with E-state index in [9.17, 15) is 26.8 Å². The van der Waals surface area contributed by atoms with E-state index in [0.29, 0.717) is 69.9 Å². The topological polar surface area (TPSA) is 163 Å². The van der Waals surface area contributed by atoms with Gasteiger partial charge in [0.15, 0.2) is 21.3 Å². The maximum absolute atomic E-state index is 13.6. The van der Waals surface area contributed by atoms with E-state index in [4.69, 9.17) is 24.7 Å². The summed E-state index contributed by atoms with van der Waals surface area (Å²) in [5, 5.41) is 17.5. The molecule has 2 aromatic heterocycles. The van der Waals surface area contributed by atoms with Crippen LogP contribution in [0.2, 0.25) is 0 Å². The number of alkyl halides is 2. The maximum Gasteiger partial charge on any atom is 0.338 e. The number of nitrogens with zero attached hydrogens (tertiary/aromatic N) is 4. The molecule has 0 aliphatic heterocycles. The maximum atomic E-state index is 13.6. The van der Waals surface area contributed by atoms with Gasteiger partial charge in [-0.2, -0.15) is 11.8 Å². The predicted octanol–water partition coefficient (Wildman–Crippen LogP) is 11.1. The summed E-state index contributed by atoms with van der Waals surface area (Å²) in [5.41, 5.74) is 4.38. The molecular formula is C41H40Br4F2N4O8S2. The summed E-state index contributed by atoms with van der Waals surface area (Å²) in [5.74, 6) is 1.52. The Morgan fingerprint density at radius 3 is 1.48 bits per heavy atom. The fourth-order valence-corrected chi connectivity index (χ4v) is 10.3. The van der Waals surface area contributed by atoms with Crippen LogP contribution in [0, 0.1) is 0 Å². The first-order valence-corrected chi connectivity index (χ1v) is 25.1. The van der Waals surface area contributed by atoms with Crippen LogP contribution in [0.3, 0.4) is 0 Å². The number of aryl methyl sites for hydroxylation is 3. The summed E-state index contributed by atoms with van der Waals surface area (Å²) >= 11 is 15.5. The van der Waals surface area contributed by atoms with E-state index in [0.717, 1.165) is 41.1 Å². The van der Waals surface area contributed by atoms with Crippen LogP contribution in [0.15, 0.2) is 78.6 Å². The van der Waals surface area contributed by atoms with Crippen molar-refractivity contribution in [1.29, 1.82) is 0 Å². The zero-order valence-electron chi connectivity index (χ0n) is 33.1. The molecule has 12 nitrogen and oxygen atoms in total. The highest BCUT2D eigenvalue weighted by Crippen LogP contribution is 2.40. The van der Waals surface area contributed by atoms with E-state index in [1.165, 1.54) is 6.26 Å². The number of halogens is 6. The lowest BCUT2D eigenvalue weighted by atomic mass is 10.1. The molecule has 0 radical (unpaired) electrons. The molecule has 0 fully saturated rings. The van der Waals surface area contributed by atoms with Crippen LogP contribution in [0.4, 0.5) is 8.78 Å². The number of hydrogen-bond acceptors (Lipinski definition) is 9. The van der Waals surface area contributed by atoms with Crippen molar-refractivity contribution in [3.8, 4) is 23.0 Å². The molecule has 0 aliphatic carbocycles. The van der Waals surface area contributed by atoms with Gasteiger partial charge in [0.05, 0.1) is 40.0 Å². The largest absolute Gasteiger partial charge is 0.479 e. The van der Waals surface area contributed by atoms with Crippen molar-refractivity contribution in [3.63, 3.8) is 0 Å². The average molecular weight is 1140 g/mol. The number of imidazole rings is 2. The SMILES string of the molecule is CCn1c(CCSC)nc2ccc(Oc3c(Br)cc(CC(F)C(=O)O)cc3Br)cc21.CCn1c(CS(C)(=O)=O)nc2ccc(Oc3c(Br)cc(CC(F)C(=O)O)cc3Br)cc21. The highest BCUT2D eigenvalue weighted by Gasteiger charge is 2.21. The van der Waals surface area contributed by atoms with E-state index in [1.54, 1.807) is 54.2 Å². The third-order valence-electron chi connectivity index (χ3n) is 9.07. The number of rotatable bonds is 17. The Balaban J connectivity index is 0.000000231. The summed E-state index contributed by atoms with van der Waals surface area (Å²) < 4.78 is 68.9. The van der Waals surface area contributed by atoms with Crippen LogP contribution in [0.25, 0.3) is 22.1 Å². The van der Waals surface area contributed by atoms with Crippen LogP contribution >= 0.6 is 75.5 Å². The predicted molar refractivity (Wildman–Crippen MR) is 248 cm³/mol. The number of sulfone groups is 1. The first kappa shape index (κ1) is 48.5. The van der Waals surface area contributed by atoms with Crippen LogP contribution in [0.5, 0.6) is 23.0 Å². The Hall–Kier alpha value is -3.56. The van der Waals surface area contributed by atoms with Crippen molar-refractivity contribution in [2.24, 2.45) is 0 Å². The summed E-state index contributed by atoms with van der Waals surface area (Å²) in [7, 11) is -3.24. The van der Waals surface area contributed by atoms with Gasteiger partial charge in [0.2, 0.25) is 12.3 Å². The van der Waals surface area contributed by atoms with Gasteiger partial charge in [-0.1, -0.05) is 0 Å². The highest BCUT2D eigenvalue weighted by atomic mass is 79.9. The first-order chi connectivity index (χ1) is 28.8. The molecule has 4 aromatic carbocycles. The second-order valence-electron chi connectivity index (χ2n) is 13.7. The van der Waals surface area contributed by atoms with Gasteiger partial charge in [0.1, 0.15) is 28.9 Å².